The monoisotopic (exact) mass is 275 g/mol. The van der Waals surface area contributed by atoms with E-state index in [0.29, 0.717) is 6.54 Å². The quantitative estimate of drug-likeness (QED) is 0.877. The largest absolute Gasteiger partial charge is 0.358 e. The molecule has 1 amide bonds. The van der Waals surface area contributed by atoms with Crippen LogP contribution in [0.4, 0.5) is 0 Å². The molecule has 1 heterocycles. The number of likely N-dealkylation sites (tertiary alicyclic amines) is 1. The van der Waals surface area contributed by atoms with Crippen LogP contribution in [0.1, 0.15) is 36.4 Å². The number of benzene rings is 1. The van der Waals surface area contributed by atoms with Crippen LogP contribution in [0.5, 0.6) is 0 Å². The van der Waals surface area contributed by atoms with Crippen LogP contribution < -0.4 is 11.1 Å². The molecule has 2 unspecified atom stereocenters. The zero-order valence-corrected chi connectivity index (χ0v) is 12.4. The molecule has 1 aliphatic rings. The van der Waals surface area contributed by atoms with Crippen LogP contribution in [0.15, 0.2) is 24.3 Å². The Hall–Kier alpha value is -1.39. The van der Waals surface area contributed by atoms with Gasteiger partial charge in [0.1, 0.15) is 0 Å². The van der Waals surface area contributed by atoms with Crippen LogP contribution in [0.3, 0.4) is 0 Å². The van der Waals surface area contributed by atoms with Crippen molar-refractivity contribution in [2.45, 2.75) is 38.3 Å². The molecule has 0 bridgehead atoms. The SMILES string of the molecule is CNC(=O)C1CCCCN1C(CN)c1cccc(C)c1. The fourth-order valence-corrected chi connectivity index (χ4v) is 3.12. The van der Waals surface area contributed by atoms with Crippen molar-refractivity contribution < 1.29 is 4.79 Å². The fourth-order valence-electron chi connectivity index (χ4n) is 3.12. The first-order valence-corrected chi connectivity index (χ1v) is 7.41. The Balaban J connectivity index is 2.26. The highest BCUT2D eigenvalue weighted by atomic mass is 16.2. The van der Waals surface area contributed by atoms with Crippen molar-refractivity contribution in [2.75, 3.05) is 20.1 Å². The number of aryl methyl sites for hydroxylation is 1. The molecule has 1 aromatic carbocycles. The molecule has 1 saturated heterocycles. The standard InChI is InChI=1S/C16H25N3O/c1-12-6-5-7-13(10-12)15(11-17)19-9-4-3-8-14(19)16(20)18-2/h5-7,10,14-15H,3-4,8-9,11,17H2,1-2H3,(H,18,20). The smallest absolute Gasteiger partial charge is 0.237 e. The second-order valence-corrected chi connectivity index (χ2v) is 5.53. The number of nitrogens with two attached hydrogens (primary N) is 1. The lowest BCUT2D eigenvalue weighted by Crippen LogP contribution is -2.51. The van der Waals surface area contributed by atoms with E-state index in [9.17, 15) is 4.79 Å². The molecular weight excluding hydrogens is 250 g/mol. The van der Waals surface area contributed by atoms with E-state index in [2.05, 4.69) is 41.4 Å². The second-order valence-electron chi connectivity index (χ2n) is 5.53. The highest BCUT2D eigenvalue weighted by Crippen LogP contribution is 2.28. The molecule has 0 aliphatic carbocycles. The van der Waals surface area contributed by atoms with Gasteiger partial charge in [-0.2, -0.15) is 0 Å². The number of hydrogen-bond donors (Lipinski definition) is 2. The zero-order chi connectivity index (χ0) is 14.5. The van der Waals surface area contributed by atoms with E-state index >= 15 is 0 Å². The Kier molecular flexibility index (Phi) is 5.15. The number of likely N-dealkylation sites (N-methyl/N-ethyl adjacent to an activating group) is 1. The van der Waals surface area contributed by atoms with Gasteiger partial charge in [0.2, 0.25) is 5.91 Å². The van der Waals surface area contributed by atoms with Crippen LogP contribution in [-0.2, 0) is 4.79 Å². The Labute approximate surface area is 121 Å². The van der Waals surface area contributed by atoms with E-state index < -0.39 is 0 Å². The van der Waals surface area contributed by atoms with Gasteiger partial charge in [-0.3, -0.25) is 9.69 Å². The highest BCUT2D eigenvalue weighted by Gasteiger charge is 2.33. The summed E-state index contributed by atoms with van der Waals surface area (Å²) < 4.78 is 0. The number of carbonyl (C=O) groups is 1. The summed E-state index contributed by atoms with van der Waals surface area (Å²) in [5.74, 6) is 0.107. The lowest BCUT2D eigenvalue weighted by molar-refractivity contribution is -0.128. The molecule has 1 fully saturated rings. The minimum Gasteiger partial charge on any atom is -0.358 e. The maximum Gasteiger partial charge on any atom is 0.237 e. The van der Waals surface area contributed by atoms with Gasteiger partial charge in [0.25, 0.3) is 0 Å². The van der Waals surface area contributed by atoms with Crippen molar-refractivity contribution in [1.82, 2.24) is 10.2 Å². The van der Waals surface area contributed by atoms with E-state index in [1.54, 1.807) is 7.05 Å². The third-order valence-electron chi connectivity index (χ3n) is 4.14. The van der Waals surface area contributed by atoms with Gasteiger partial charge in [-0.05, 0) is 31.9 Å². The lowest BCUT2D eigenvalue weighted by Gasteiger charge is -2.40. The molecule has 1 aliphatic heterocycles. The van der Waals surface area contributed by atoms with Crippen molar-refractivity contribution in [1.29, 1.82) is 0 Å². The Morgan fingerprint density at radius 2 is 2.30 bits per heavy atom. The molecule has 3 N–H and O–H groups in total. The van der Waals surface area contributed by atoms with Gasteiger partial charge in [0, 0.05) is 19.6 Å². The Morgan fingerprint density at radius 3 is 2.95 bits per heavy atom. The van der Waals surface area contributed by atoms with Gasteiger partial charge in [0.05, 0.1) is 6.04 Å². The number of nitrogens with zero attached hydrogens (tertiary/aromatic N) is 1. The van der Waals surface area contributed by atoms with E-state index in [-0.39, 0.29) is 18.0 Å². The van der Waals surface area contributed by atoms with Crippen LogP contribution >= 0.6 is 0 Å². The maximum atomic E-state index is 12.1. The number of hydrogen-bond acceptors (Lipinski definition) is 3. The van der Waals surface area contributed by atoms with E-state index in [0.717, 1.165) is 25.8 Å². The van der Waals surface area contributed by atoms with Crippen molar-refractivity contribution in [3.8, 4) is 0 Å². The third-order valence-corrected chi connectivity index (χ3v) is 4.14. The molecule has 2 atom stereocenters. The van der Waals surface area contributed by atoms with E-state index in [1.165, 1.54) is 11.1 Å². The summed E-state index contributed by atoms with van der Waals surface area (Å²) in [4.78, 5) is 14.4. The fraction of sp³-hybridized carbons (Fsp3) is 0.562. The Morgan fingerprint density at radius 1 is 1.50 bits per heavy atom. The Bertz CT molecular complexity index is 461. The minimum absolute atomic E-state index is 0.0530. The van der Waals surface area contributed by atoms with Gasteiger partial charge in [-0.15, -0.1) is 0 Å². The molecule has 0 radical (unpaired) electrons. The first-order chi connectivity index (χ1) is 9.67. The highest BCUT2D eigenvalue weighted by molar-refractivity contribution is 5.81. The molecule has 0 spiro atoms. The van der Waals surface area contributed by atoms with Gasteiger partial charge >= 0.3 is 0 Å². The van der Waals surface area contributed by atoms with E-state index in [1.807, 2.05) is 0 Å². The summed E-state index contributed by atoms with van der Waals surface area (Å²) >= 11 is 0. The van der Waals surface area contributed by atoms with Crippen molar-refractivity contribution in [2.24, 2.45) is 5.73 Å². The predicted octanol–water partition coefficient (Wildman–Crippen LogP) is 1.60. The summed E-state index contributed by atoms with van der Waals surface area (Å²) in [6, 6.07) is 8.50. The van der Waals surface area contributed by atoms with E-state index in [4.69, 9.17) is 5.73 Å². The minimum atomic E-state index is -0.0530. The molecule has 2 rings (SSSR count). The van der Waals surface area contributed by atoms with Gasteiger partial charge in [-0.1, -0.05) is 36.2 Å². The molecule has 4 heteroatoms. The van der Waals surface area contributed by atoms with Crippen LogP contribution in [-0.4, -0.2) is 37.0 Å². The number of piperidine rings is 1. The summed E-state index contributed by atoms with van der Waals surface area (Å²) in [7, 11) is 1.71. The lowest BCUT2D eigenvalue weighted by atomic mass is 9.95. The molecule has 0 saturated carbocycles. The first-order valence-electron chi connectivity index (χ1n) is 7.41. The molecule has 110 valence electrons. The number of nitrogens with one attached hydrogen (secondary N) is 1. The number of amides is 1. The second kappa shape index (κ2) is 6.86. The number of carbonyl (C=O) groups excluding carboxylic acids is 1. The maximum absolute atomic E-state index is 12.1. The molecule has 4 nitrogen and oxygen atoms in total. The summed E-state index contributed by atoms with van der Waals surface area (Å²) in [5, 5.41) is 2.79. The van der Waals surface area contributed by atoms with Crippen LogP contribution in [0.25, 0.3) is 0 Å². The average Bonchev–Trinajstić information content (AvgIpc) is 2.48. The van der Waals surface area contributed by atoms with Gasteiger partial charge in [0.15, 0.2) is 0 Å². The zero-order valence-electron chi connectivity index (χ0n) is 12.4. The molecular formula is C16H25N3O. The summed E-state index contributed by atoms with van der Waals surface area (Å²) in [6.45, 7) is 3.56. The third kappa shape index (κ3) is 3.19. The summed E-state index contributed by atoms with van der Waals surface area (Å²) in [6.07, 6.45) is 3.16. The topological polar surface area (TPSA) is 58.4 Å². The van der Waals surface area contributed by atoms with Gasteiger partial charge < -0.3 is 11.1 Å². The van der Waals surface area contributed by atoms with Crippen molar-refractivity contribution in [3.05, 3.63) is 35.4 Å². The van der Waals surface area contributed by atoms with Crippen molar-refractivity contribution >= 4 is 5.91 Å². The molecule has 1 aromatic rings. The average molecular weight is 275 g/mol. The molecule has 20 heavy (non-hydrogen) atoms. The van der Waals surface area contributed by atoms with Gasteiger partial charge in [-0.25, -0.2) is 0 Å². The predicted molar refractivity (Wildman–Crippen MR) is 81.4 cm³/mol. The molecule has 0 aromatic heterocycles. The summed E-state index contributed by atoms with van der Waals surface area (Å²) in [5.41, 5.74) is 8.46. The first kappa shape index (κ1) is 15.0. The van der Waals surface area contributed by atoms with Crippen molar-refractivity contribution in [3.63, 3.8) is 0 Å². The van der Waals surface area contributed by atoms with Crippen LogP contribution in [0, 0.1) is 6.92 Å². The number of rotatable bonds is 4. The normalized spacial score (nSPS) is 21.4. The van der Waals surface area contributed by atoms with Crippen LogP contribution in [0.2, 0.25) is 0 Å².